The molecule has 4 aromatic heterocycles. The van der Waals surface area contributed by atoms with Gasteiger partial charge in [-0.25, -0.2) is 9.97 Å². The number of fused-ring (bicyclic) bond motifs is 2. The zero-order valence-corrected chi connectivity index (χ0v) is 18.7. The number of carbonyl (C=O) groups excluding carboxylic acids is 2. The second-order valence-corrected chi connectivity index (χ2v) is 8.00. The third kappa shape index (κ3) is 4.03. The molecule has 6 aromatic rings. The van der Waals surface area contributed by atoms with E-state index in [4.69, 9.17) is 0 Å². The topological polar surface area (TPSA) is 141 Å². The van der Waals surface area contributed by atoms with Gasteiger partial charge in [0.1, 0.15) is 11.2 Å². The number of amides is 2. The average Bonchev–Trinajstić information content (AvgIpc) is 3.57. The van der Waals surface area contributed by atoms with Crippen LogP contribution < -0.4 is 10.6 Å². The molecule has 6 rings (SSSR count). The fourth-order valence-corrected chi connectivity index (χ4v) is 3.95. The average molecular weight is 474 g/mol. The van der Waals surface area contributed by atoms with Crippen LogP contribution in [0, 0.1) is 0 Å². The van der Waals surface area contributed by atoms with E-state index in [0.717, 1.165) is 21.9 Å². The van der Waals surface area contributed by atoms with Crippen LogP contribution in [0.2, 0.25) is 0 Å². The van der Waals surface area contributed by atoms with E-state index in [0.29, 0.717) is 22.5 Å². The first kappa shape index (κ1) is 21.2. The number of nitrogens with zero attached hydrogens (tertiary/aromatic N) is 4. The van der Waals surface area contributed by atoms with Gasteiger partial charge >= 0.3 is 0 Å². The zero-order chi connectivity index (χ0) is 24.5. The Kier molecular flexibility index (Phi) is 5.15. The SMILES string of the molecule is O=C(Nc1nc2c(C(=O)Nc3ncc[nH]3)cc(-c3ccncc3)cc2[nH]1)c1cc2ccccc2cn1. The van der Waals surface area contributed by atoms with Crippen LogP contribution in [0.25, 0.3) is 32.9 Å². The Labute approximate surface area is 203 Å². The van der Waals surface area contributed by atoms with Crippen molar-refractivity contribution in [2.24, 2.45) is 0 Å². The molecule has 0 spiro atoms. The maximum atomic E-state index is 13.2. The monoisotopic (exact) mass is 474 g/mol. The summed E-state index contributed by atoms with van der Waals surface area (Å²) in [6.07, 6.45) is 8.17. The minimum atomic E-state index is -0.421. The third-order valence-electron chi connectivity index (χ3n) is 5.67. The number of pyridine rings is 2. The van der Waals surface area contributed by atoms with Crippen molar-refractivity contribution in [2.45, 2.75) is 0 Å². The molecule has 2 aromatic carbocycles. The van der Waals surface area contributed by atoms with Crippen LogP contribution in [0.15, 0.2) is 85.6 Å². The molecular weight excluding hydrogens is 456 g/mol. The van der Waals surface area contributed by atoms with Gasteiger partial charge in [0.2, 0.25) is 11.9 Å². The summed E-state index contributed by atoms with van der Waals surface area (Å²) in [7, 11) is 0. The Morgan fingerprint density at radius 1 is 0.778 bits per heavy atom. The highest BCUT2D eigenvalue weighted by Crippen LogP contribution is 2.28. The van der Waals surface area contributed by atoms with Gasteiger partial charge in [0.15, 0.2) is 0 Å². The van der Waals surface area contributed by atoms with Gasteiger partial charge in [0.25, 0.3) is 11.8 Å². The maximum absolute atomic E-state index is 13.2. The van der Waals surface area contributed by atoms with Gasteiger partial charge < -0.3 is 9.97 Å². The van der Waals surface area contributed by atoms with Crippen LogP contribution >= 0.6 is 0 Å². The van der Waals surface area contributed by atoms with Gasteiger partial charge in [-0.05, 0) is 46.8 Å². The Hall–Kier alpha value is -5.38. The maximum Gasteiger partial charge on any atom is 0.276 e. The van der Waals surface area contributed by atoms with Gasteiger partial charge in [-0.3, -0.25) is 30.2 Å². The van der Waals surface area contributed by atoms with E-state index in [-0.39, 0.29) is 11.6 Å². The number of benzene rings is 2. The number of carbonyl (C=O) groups is 2. The predicted octanol–water partition coefficient (Wildman–Crippen LogP) is 4.40. The smallest absolute Gasteiger partial charge is 0.276 e. The van der Waals surface area contributed by atoms with Crippen molar-refractivity contribution in [1.82, 2.24) is 29.9 Å². The fraction of sp³-hybridized carbons (Fsp3) is 0. The highest BCUT2D eigenvalue weighted by Gasteiger charge is 2.19. The lowest BCUT2D eigenvalue weighted by molar-refractivity contribution is 0.101. The minimum absolute atomic E-state index is 0.198. The van der Waals surface area contributed by atoms with Gasteiger partial charge in [-0.2, -0.15) is 0 Å². The molecule has 0 aliphatic heterocycles. The molecule has 0 saturated heterocycles. The van der Waals surface area contributed by atoms with Crippen molar-refractivity contribution in [3.8, 4) is 11.1 Å². The number of rotatable bonds is 5. The molecule has 10 heteroatoms. The van der Waals surface area contributed by atoms with Crippen molar-refractivity contribution < 1.29 is 9.59 Å². The molecule has 4 heterocycles. The summed E-state index contributed by atoms with van der Waals surface area (Å²) in [4.78, 5) is 48.9. The number of nitrogens with one attached hydrogen (secondary N) is 4. The highest BCUT2D eigenvalue weighted by molar-refractivity contribution is 6.13. The highest BCUT2D eigenvalue weighted by atomic mass is 16.2. The number of aromatic amines is 2. The van der Waals surface area contributed by atoms with Gasteiger partial charge in [0, 0.05) is 36.4 Å². The number of imidazole rings is 2. The van der Waals surface area contributed by atoms with E-state index in [1.165, 1.54) is 0 Å². The lowest BCUT2D eigenvalue weighted by atomic mass is 10.0. The molecule has 10 nitrogen and oxygen atoms in total. The molecule has 0 saturated carbocycles. The second kappa shape index (κ2) is 8.76. The Morgan fingerprint density at radius 2 is 1.58 bits per heavy atom. The molecule has 0 aliphatic rings. The Bertz CT molecular complexity index is 1730. The van der Waals surface area contributed by atoms with Crippen molar-refractivity contribution in [3.05, 3.63) is 96.8 Å². The van der Waals surface area contributed by atoms with Crippen molar-refractivity contribution in [1.29, 1.82) is 0 Å². The normalized spacial score (nSPS) is 11.0. The van der Waals surface area contributed by atoms with Crippen LogP contribution in [0.3, 0.4) is 0 Å². The quantitative estimate of drug-likeness (QED) is 0.292. The van der Waals surface area contributed by atoms with Crippen LogP contribution in [0.1, 0.15) is 20.8 Å². The van der Waals surface area contributed by atoms with Crippen molar-refractivity contribution in [2.75, 3.05) is 10.6 Å². The summed E-state index contributed by atoms with van der Waals surface area (Å²) in [6, 6.07) is 16.7. The molecule has 0 fully saturated rings. The van der Waals surface area contributed by atoms with E-state index in [2.05, 4.69) is 40.5 Å². The molecule has 0 atom stereocenters. The summed E-state index contributed by atoms with van der Waals surface area (Å²) in [5.74, 6) is -0.306. The minimum Gasteiger partial charge on any atom is -0.331 e. The van der Waals surface area contributed by atoms with Crippen LogP contribution in [0.5, 0.6) is 0 Å². The van der Waals surface area contributed by atoms with Gasteiger partial charge in [0.05, 0.1) is 11.1 Å². The summed E-state index contributed by atoms with van der Waals surface area (Å²) >= 11 is 0. The van der Waals surface area contributed by atoms with Crippen LogP contribution in [0.4, 0.5) is 11.9 Å². The first-order valence-electron chi connectivity index (χ1n) is 11.0. The summed E-state index contributed by atoms with van der Waals surface area (Å²) < 4.78 is 0. The Morgan fingerprint density at radius 3 is 2.39 bits per heavy atom. The number of H-pyrrole nitrogens is 2. The van der Waals surface area contributed by atoms with Crippen molar-refractivity contribution in [3.63, 3.8) is 0 Å². The van der Waals surface area contributed by atoms with Crippen LogP contribution in [-0.4, -0.2) is 41.7 Å². The van der Waals surface area contributed by atoms with Gasteiger partial charge in [-0.1, -0.05) is 24.3 Å². The molecule has 0 unspecified atom stereocenters. The molecule has 2 amide bonds. The van der Waals surface area contributed by atoms with Crippen LogP contribution in [-0.2, 0) is 0 Å². The fourth-order valence-electron chi connectivity index (χ4n) is 3.95. The summed E-state index contributed by atoms with van der Waals surface area (Å²) in [6.45, 7) is 0. The number of hydrogen-bond acceptors (Lipinski definition) is 6. The Balaban J connectivity index is 1.38. The second-order valence-electron chi connectivity index (χ2n) is 8.00. The zero-order valence-electron chi connectivity index (χ0n) is 18.7. The number of anilines is 2. The van der Waals surface area contributed by atoms with E-state index in [1.807, 2.05) is 42.5 Å². The third-order valence-corrected chi connectivity index (χ3v) is 5.67. The lowest BCUT2D eigenvalue weighted by Gasteiger charge is -2.07. The molecule has 0 aliphatic carbocycles. The number of aromatic nitrogens is 6. The standard InChI is InChI=1S/C26H18N8O2/c35-23(33-25-28-9-10-29-25)19-11-18(15-5-7-27-8-6-15)13-20-22(19)32-26(31-20)34-24(36)21-12-16-3-1-2-4-17(16)14-30-21/h1-14H,(H2,28,29,33,35)(H2,31,32,34,36). The van der Waals surface area contributed by atoms with Gasteiger partial charge in [-0.15, -0.1) is 0 Å². The van der Waals surface area contributed by atoms with Crippen molar-refractivity contribution >= 4 is 45.5 Å². The first-order chi connectivity index (χ1) is 17.6. The predicted molar refractivity (Wildman–Crippen MR) is 136 cm³/mol. The largest absolute Gasteiger partial charge is 0.331 e. The van der Waals surface area contributed by atoms with E-state index in [1.54, 1.807) is 43.1 Å². The van der Waals surface area contributed by atoms with E-state index < -0.39 is 11.8 Å². The summed E-state index contributed by atoms with van der Waals surface area (Å²) in [5.41, 5.74) is 3.21. The lowest BCUT2D eigenvalue weighted by Crippen LogP contribution is -2.15. The molecule has 0 radical (unpaired) electrons. The van der Waals surface area contributed by atoms with E-state index >= 15 is 0 Å². The molecular formula is C26H18N8O2. The molecule has 36 heavy (non-hydrogen) atoms. The summed E-state index contributed by atoms with van der Waals surface area (Å²) in [5, 5.41) is 7.33. The van der Waals surface area contributed by atoms with E-state index in [9.17, 15) is 9.59 Å². The molecule has 174 valence electrons. The first-order valence-corrected chi connectivity index (χ1v) is 11.0. The molecule has 4 N–H and O–H groups in total. The number of hydrogen-bond donors (Lipinski definition) is 4. The molecule has 0 bridgehead atoms.